The lowest BCUT2D eigenvalue weighted by Gasteiger charge is -2.22. The maximum atomic E-state index is 11.3. The molecule has 2 rings (SSSR count). The number of rotatable bonds is 2. The molecule has 2 nitrogen and oxygen atoms in total. The Morgan fingerprint density at radius 1 is 1.00 bits per heavy atom. The summed E-state index contributed by atoms with van der Waals surface area (Å²) in [5, 5.41) is 10.3. The van der Waals surface area contributed by atoms with E-state index in [4.69, 9.17) is 0 Å². The van der Waals surface area contributed by atoms with Crippen LogP contribution in [0.2, 0.25) is 0 Å². The lowest BCUT2D eigenvalue weighted by atomic mass is 9.83. The molecular weight excluding hydrogens is 236 g/mol. The Kier molecular flexibility index (Phi) is 3.43. The molecular formula is C17H18O2. The van der Waals surface area contributed by atoms with Crippen LogP contribution < -0.4 is 0 Å². The van der Waals surface area contributed by atoms with Crippen molar-refractivity contribution in [2.75, 3.05) is 0 Å². The minimum atomic E-state index is -0.197. The maximum Gasteiger partial charge on any atom is 0.154 e. The molecule has 0 amide bonds. The van der Waals surface area contributed by atoms with Crippen LogP contribution in [0.1, 0.15) is 36.7 Å². The molecule has 0 aliphatic heterocycles. The van der Waals surface area contributed by atoms with E-state index >= 15 is 0 Å². The van der Waals surface area contributed by atoms with Crippen LogP contribution in [0.5, 0.6) is 5.75 Å². The van der Waals surface area contributed by atoms with Crippen LogP contribution in [0.25, 0.3) is 11.1 Å². The van der Waals surface area contributed by atoms with E-state index in [1.807, 2.05) is 63.2 Å². The van der Waals surface area contributed by atoms with Crippen molar-refractivity contribution in [3.8, 4) is 16.9 Å². The molecule has 2 heteroatoms. The Balaban J connectivity index is 2.67. The molecule has 0 aromatic heterocycles. The average Bonchev–Trinajstić information content (AvgIpc) is 2.37. The predicted molar refractivity (Wildman–Crippen MR) is 77.6 cm³/mol. The number of aldehydes is 1. The van der Waals surface area contributed by atoms with Crippen molar-refractivity contribution >= 4 is 6.29 Å². The van der Waals surface area contributed by atoms with Crippen LogP contribution in [0, 0.1) is 0 Å². The van der Waals surface area contributed by atoms with Gasteiger partial charge in [-0.1, -0.05) is 63.2 Å². The number of carbonyl (C=O) groups excluding carboxylic acids is 1. The first-order valence-corrected chi connectivity index (χ1v) is 6.32. The second-order valence-electron chi connectivity index (χ2n) is 5.66. The fourth-order valence-electron chi connectivity index (χ4n) is 2.20. The molecule has 0 saturated heterocycles. The van der Waals surface area contributed by atoms with Crippen molar-refractivity contribution in [1.29, 1.82) is 0 Å². The Hall–Kier alpha value is -2.09. The number of hydrogen-bond acceptors (Lipinski definition) is 2. The molecule has 0 aliphatic rings. The Bertz CT molecular complexity index is 593. The molecule has 0 atom stereocenters. The number of phenols is 1. The number of carbonyl (C=O) groups is 1. The van der Waals surface area contributed by atoms with Gasteiger partial charge in [0.05, 0.1) is 5.56 Å². The highest BCUT2D eigenvalue weighted by Crippen LogP contribution is 2.37. The molecule has 0 spiro atoms. The summed E-state index contributed by atoms with van der Waals surface area (Å²) in [6.45, 7) is 6.04. The van der Waals surface area contributed by atoms with Gasteiger partial charge in [0.15, 0.2) is 6.29 Å². The first kappa shape index (κ1) is 13.3. The normalized spacial score (nSPS) is 11.3. The van der Waals surface area contributed by atoms with E-state index in [9.17, 15) is 9.90 Å². The summed E-state index contributed by atoms with van der Waals surface area (Å²) < 4.78 is 0. The molecule has 2 aromatic carbocycles. The van der Waals surface area contributed by atoms with Crippen molar-refractivity contribution in [3.63, 3.8) is 0 Å². The van der Waals surface area contributed by atoms with Crippen molar-refractivity contribution in [2.24, 2.45) is 0 Å². The third-order valence-electron chi connectivity index (χ3n) is 3.23. The molecule has 0 heterocycles. The van der Waals surface area contributed by atoms with Crippen LogP contribution in [0.4, 0.5) is 0 Å². The maximum absolute atomic E-state index is 11.3. The second-order valence-corrected chi connectivity index (χ2v) is 5.66. The summed E-state index contributed by atoms with van der Waals surface area (Å²) in [5.41, 5.74) is 2.64. The van der Waals surface area contributed by atoms with Gasteiger partial charge in [-0.3, -0.25) is 4.79 Å². The molecule has 0 aliphatic carbocycles. The standard InChI is InChI=1S/C17H18O2/c1-17(2,3)15-10-9-13(14(11-18)16(15)19)12-7-5-4-6-8-12/h4-11,19H,1-3H3. The monoisotopic (exact) mass is 254 g/mol. The van der Waals surface area contributed by atoms with Gasteiger partial charge in [0.2, 0.25) is 0 Å². The van der Waals surface area contributed by atoms with Crippen LogP contribution in [0.15, 0.2) is 42.5 Å². The summed E-state index contributed by atoms with van der Waals surface area (Å²) in [4.78, 5) is 11.3. The molecule has 0 fully saturated rings. The fraction of sp³-hybridized carbons (Fsp3) is 0.235. The van der Waals surface area contributed by atoms with Gasteiger partial charge < -0.3 is 5.11 Å². The molecule has 0 saturated carbocycles. The summed E-state index contributed by atoms with van der Waals surface area (Å²) in [7, 11) is 0. The Morgan fingerprint density at radius 2 is 1.63 bits per heavy atom. The van der Waals surface area contributed by atoms with Gasteiger partial charge in [-0.05, 0) is 16.5 Å². The first-order chi connectivity index (χ1) is 8.95. The minimum Gasteiger partial charge on any atom is -0.507 e. The highest BCUT2D eigenvalue weighted by atomic mass is 16.3. The Labute approximate surface area is 113 Å². The van der Waals surface area contributed by atoms with E-state index in [2.05, 4.69) is 0 Å². The number of hydrogen-bond donors (Lipinski definition) is 1. The fourth-order valence-corrected chi connectivity index (χ4v) is 2.20. The molecule has 0 bridgehead atoms. The van der Waals surface area contributed by atoms with Gasteiger partial charge in [0.1, 0.15) is 5.75 Å². The number of aromatic hydroxyl groups is 1. The molecule has 98 valence electrons. The largest absolute Gasteiger partial charge is 0.507 e. The van der Waals surface area contributed by atoms with Crippen molar-refractivity contribution in [3.05, 3.63) is 53.6 Å². The smallest absolute Gasteiger partial charge is 0.154 e. The van der Waals surface area contributed by atoms with E-state index in [1.54, 1.807) is 0 Å². The van der Waals surface area contributed by atoms with Crippen LogP contribution in [-0.2, 0) is 5.41 Å². The third-order valence-corrected chi connectivity index (χ3v) is 3.23. The van der Waals surface area contributed by atoms with Crippen LogP contribution >= 0.6 is 0 Å². The van der Waals surface area contributed by atoms with Crippen LogP contribution in [0.3, 0.4) is 0 Å². The van der Waals surface area contributed by atoms with E-state index in [1.165, 1.54) is 0 Å². The van der Waals surface area contributed by atoms with Crippen molar-refractivity contribution in [1.82, 2.24) is 0 Å². The predicted octanol–water partition coefficient (Wildman–Crippen LogP) is 4.17. The number of phenolic OH excluding ortho intramolecular Hbond substituents is 1. The first-order valence-electron chi connectivity index (χ1n) is 6.32. The molecule has 2 aromatic rings. The zero-order chi connectivity index (χ0) is 14.0. The Morgan fingerprint density at radius 3 is 2.16 bits per heavy atom. The lowest BCUT2D eigenvalue weighted by molar-refractivity contribution is 0.112. The molecule has 1 N–H and O–H groups in total. The lowest BCUT2D eigenvalue weighted by Crippen LogP contribution is -2.12. The zero-order valence-electron chi connectivity index (χ0n) is 11.5. The summed E-state index contributed by atoms with van der Waals surface area (Å²) >= 11 is 0. The van der Waals surface area contributed by atoms with E-state index in [-0.39, 0.29) is 11.2 Å². The molecule has 19 heavy (non-hydrogen) atoms. The van der Waals surface area contributed by atoms with Gasteiger partial charge in [-0.25, -0.2) is 0 Å². The van der Waals surface area contributed by atoms with E-state index < -0.39 is 0 Å². The van der Waals surface area contributed by atoms with Gasteiger partial charge in [0.25, 0.3) is 0 Å². The van der Waals surface area contributed by atoms with Gasteiger partial charge >= 0.3 is 0 Å². The highest BCUT2D eigenvalue weighted by molar-refractivity contribution is 5.91. The SMILES string of the molecule is CC(C)(C)c1ccc(-c2ccccc2)c(C=O)c1O. The summed E-state index contributed by atoms with van der Waals surface area (Å²) in [6.07, 6.45) is 0.729. The average molecular weight is 254 g/mol. The van der Waals surface area contributed by atoms with Gasteiger partial charge in [0, 0.05) is 5.56 Å². The minimum absolute atomic E-state index is 0.0869. The zero-order valence-corrected chi connectivity index (χ0v) is 11.5. The molecule has 0 unspecified atom stereocenters. The summed E-state index contributed by atoms with van der Waals surface area (Å²) in [6, 6.07) is 13.4. The molecule has 0 radical (unpaired) electrons. The summed E-state index contributed by atoms with van der Waals surface area (Å²) in [5.74, 6) is 0.0869. The van der Waals surface area contributed by atoms with Crippen molar-refractivity contribution < 1.29 is 9.90 Å². The topological polar surface area (TPSA) is 37.3 Å². The number of benzene rings is 2. The van der Waals surface area contributed by atoms with Gasteiger partial charge in [-0.2, -0.15) is 0 Å². The highest BCUT2D eigenvalue weighted by Gasteiger charge is 2.22. The third kappa shape index (κ3) is 2.53. The van der Waals surface area contributed by atoms with E-state index in [0.29, 0.717) is 5.56 Å². The van der Waals surface area contributed by atoms with Crippen LogP contribution in [-0.4, -0.2) is 11.4 Å². The second kappa shape index (κ2) is 4.88. The quantitative estimate of drug-likeness (QED) is 0.817. The van der Waals surface area contributed by atoms with E-state index in [0.717, 1.165) is 23.0 Å². The van der Waals surface area contributed by atoms with Crippen molar-refractivity contribution in [2.45, 2.75) is 26.2 Å². The van der Waals surface area contributed by atoms with Gasteiger partial charge in [-0.15, -0.1) is 0 Å².